The van der Waals surface area contributed by atoms with E-state index in [0.717, 1.165) is 22.8 Å². The summed E-state index contributed by atoms with van der Waals surface area (Å²) in [6, 6.07) is 16.1. The van der Waals surface area contributed by atoms with Crippen molar-refractivity contribution in [3.8, 4) is 5.75 Å². The summed E-state index contributed by atoms with van der Waals surface area (Å²) < 4.78 is 7.21. The Labute approximate surface area is 203 Å². The maximum Gasteiger partial charge on any atom is 0.237 e. The highest BCUT2D eigenvalue weighted by molar-refractivity contribution is 8.00. The van der Waals surface area contributed by atoms with Gasteiger partial charge in [-0.1, -0.05) is 56.8 Å². The van der Waals surface area contributed by atoms with Crippen molar-refractivity contribution in [2.24, 2.45) is 0 Å². The van der Waals surface area contributed by atoms with Gasteiger partial charge in [0.2, 0.25) is 11.1 Å². The van der Waals surface area contributed by atoms with Crippen LogP contribution in [0.4, 0.5) is 5.69 Å². The summed E-state index contributed by atoms with van der Waals surface area (Å²) in [4.78, 5) is 16.1. The molecule has 1 aliphatic rings. The molecule has 2 aromatic carbocycles. The summed E-state index contributed by atoms with van der Waals surface area (Å²) >= 11 is 3.11. The van der Waals surface area contributed by atoms with Crippen LogP contribution >= 0.6 is 23.5 Å². The largest absolute Gasteiger partial charge is 0.486 e. The number of benzene rings is 2. The number of anilines is 1. The second-order valence-corrected chi connectivity index (χ2v) is 10.7. The standard InChI is InChI=1S/C24H29N5O2S2/c1-16(2)18-8-10-19(11-9-18)31-14-22-26-27-24(29(22)25)32-15-23(30)28-13-12-17(3)33-21-7-5-4-6-20(21)28/h4-11,16-17H,12-15,25H2,1-3H3/t17-/m1/s1. The van der Waals surface area contributed by atoms with Crippen LogP contribution in [-0.4, -0.2) is 38.3 Å². The lowest BCUT2D eigenvalue weighted by molar-refractivity contribution is -0.116. The molecule has 1 atom stereocenters. The topological polar surface area (TPSA) is 86.3 Å². The van der Waals surface area contributed by atoms with Crippen LogP contribution < -0.4 is 15.5 Å². The van der Waals surface area contributed by atoms with Gasteiger partial charge in [-0.25, -0.2) is 4.68 Å². The number of rotatable bonds is 7. The first-order chi connectivity index (χ1) is 15.9. The van der Waals surface area contributed by atoms with Crippen LogP contribution in [0.1, 0.15) is 44.5 Å². The third kappa shape index (κ3) is 5.65. The zero-order valence-corrected chi connectivity index (χ0v) is 20.7. The molecule has 0 bridgehead atoms. The quantitative estimate of drug-likeness (QED) is 0.385. The molecule has 174 valence electrons. The molecule has 0 spiro atoms. The van der Waals surface area contributed by atoms with E-state index in [2.05, 4.69) is 49.2 Å². The monoisotopic (exact) mass is 483 g/mol. The van der Waals surface area contributed by atoms with Gasteiger partial charge in [0.25, 0.3) is 0 Å². The molecule has 33 heavy (non-hydrogen) atoms. The zero-order valence-electron chi connectivity index (χ0n) is 19.1. The molecule has 0 radical (unpaired) electrons. The van der Waals surface area contributed by atoms with Gasteiger partial charge in [-0.2, -0.15) is 0 Å². The van der Waals surface area contributed by atoms with E-state index in [9.17, 15) is 4.79 Å². The lowest BCUT2D eigenvalue weighted by Gasteiger charge is -2.22. The van der Waals surface area contributed by atoms with Gasteiger partial charge in [0.05, 0.1) is 11.4 Å². The number of fused-ring (bicyclic) bond motifs is 1. The molecule has 1 amide bonds. The van der Waals surface area contributed by atoms with Crippen molar-refractivity contribution in [2.75, 3.05) is 23.0 Å². The molecule has 1 aromatic heterocycles. The molecule has 4 rings (SSSR count). The average molecular weight is 484 g/mol. The van der Waals surface area contributed by atoms with E-state index in [-0.39, 0.29) is 18.3 Å². The molecule has 0 aliphatic carbocycles. The normalized spacial score (nSPS) is 15.9. The van der Waals surface area contributed by atoms with Crippen LogP contribution in [0.15, 0.2) is 58.6 Å². The first-order valence-corrected chi connectivity index (χ1v) is 12.9. The molecule has 9 heteroatoms. The molecular weight excluding hydrogens is 454 g/mol. The molecule has 0 saturated carbocycles. The Balaban J connectivity index is 1.36. The van der Waals surface area contributed by atoms with E-state index in [0.29, 0.717) is 28.7 Å². The van der Waals surface area contributed by atoms with E-state index in [4.69, 9.17) is 10.6 Å². The average Bonchev–Trinajstić information content (AvgIpc) is 3.06. The fourth-order valence-electron chi connectivity index (χ4n) is 3.55. The summed E-state index contributed by atoms with van der Waals surface area (Å²) in [7, 11) is 0. The van der Waals surface area contributed by atoms with Crippen molar-refractivity contribution < 1.29 is 9.53 Å². The van der Waals surface area contributed by atoms with Crippen LogP contribution in [0, 0.1) is 0 Å². The maximum absolute atomic E-state index is 13.1. The summed E-state index contributed by atoms with van der Waals surface area (Å²) in [5.41, 5.74) is 2.23. The molecule has 2 heterocycles. The Morgan fingerprint density at radius 1 is 1.21 bits per heavy atom. The number of aromatic nitrogens is 3. The number of nitrogens with zero attached hydrogens (tertiary/aromatic N) is 4. The Morgan fingerprint density at radius 2 is 1.97 bits per heavy atom. The first-order valence-electron chi connectivity index (χ1n) is 11.0. The highest BCUT2D eigenvalue weighted by Gasteiger charge is 2.24. The molecule has 1 aliphatic heterocycles. The van der Waals surface area contributed by atoms with Gasteiger partial charge in [0.1, 0.15) is 12.4 Å². The first kappa shape index (κ1) is 23.5. The highest BCUT2D eigenvalue weighted by Crippen LogP contribution is 2.37. The molecular formula is C24H29N5O2S2. The van der Waals surface area contributed by atoms with Gasteiger partial charge in [0.15, 0.2) is 5.82 Å². The third-order valence-corrected chi connectivity index (χ3v) is 7.68. The van der Waals surface area contributed by atoms with Crippen molar-refractivity contribution in [2.45, 2.75) is 55.0 Å². The van der Waals surface area contributed by atoms with Crippen LogP contribution in [0.25, 0.3) is 0 Å². The second kappa shape index (κ2) is 10.5. The maximum atomic E-state index is 13.1. The van der Waals surface area contributed by atoms with Crippen molar-refractivity contribution >= 4 is 35.1 Å². The number of nitrogens with two attached hydrogens (primary N) is 1. The Bertz CT molecular complexity index is 1100. The van der Waals surface area contributed by atoms with Gasteiger partial charge < -0.3 is 15.5 Å². The molecule has 7 nitrogen and oxygen atoms in total. The second-order valence-electron chi connectivity index (χ2n) is 8.30. The van der Waals surface area contributed by atoms with Crippen molar-refractivity contribution in [3.63, 3.8) is 0 Å². The molecule has 0 unspecified atom stereocenters. The van der Waals surface area contributed by atoms with E-state index in [1.807, 2.05) is 47.0 Å². The number of hydrogen-bond acceptors (Lipinski definition) is 7. The summed E-state index contributed by atoms with van der Waals surface area (Å²) in [5, 5.41) is 9.25. The molecule has 0 fully saturated rings. The van der Waals surface area contributed by atoms with Crippen LogP contribution in [0.2, 0.25) is 0 Å². The number of ether oxygens (including phenoxy) is 1. The lowest BCUT2D eigenvalue weighted by Crippen LogP contribution is -2.33. The Morgan fingerprint density at radius 3 is 2.73 bits per heavy atom. The number of thioether (sulfide) groups is 2. The summed E-state index contributed by atoms with van der Waals surface area (Å²) in [5.74, 6) is 8.17. The Kier molecular flexibility index (Phi) is 7.49. The van der Waals surface area contributed by atoms with Gasteiger partial charge in [0, 0.05) is 16.7 Å². The smallest absolute Gasteiger partial charge is 0.237 e. The van der Waals surface area contributed by atoms with Crippen LogP contribution in [0.3, 0.4) is 0 Å². The van der Waals surface area contributed by atoms with E-state index in [1.165, 1.54) is 22.0 Å². The lowest BCUT2D eigenvalue weighted by atomic mass is 10.0. The van der Waals surface area contributed by atoms with Gasteiger partial charge >= 0.3 is 0 Å². The fraction of sp³-hybridized carbons (Fsp3) is 0.375. The number of hydrogen-bond donors (Lipinski definition) is 1. The van der Waals surface area contributed by atoms with E-state index < -0.39 is 0 Å². The summed E-state index contributed by atoms with van der Waals surface area (Å²) in [6.07, 6.45) is 0.947. The number of carbonyl (C=O) groups is 1. The fourth-order valence-corrected chi connectivity index (χ4v) is 5.42. The van der Waals surface area contributed by atoms with Crippen molar-refractivity contribution in [3.05, 3.63) is 59.9 Å². The summed E-state index contributed by atoms with van der Waals surface area (Å²) in [6.45, 7) is 7.41. The number of para-hydroxylation sites is 1. The minimum Gasteiger partial charge on any atom is -0.486 e. The molecule has 2 N–H and O–H groups in total. The molecule has 0 saturated heterocycles. The highest BCUT2D eigenvalue weighted by atomic mass is 32.2. The van der Waals surface area contributed by atoms with E-state index >= 15 is 0 Å². The minimum absolute atomic E-state index is 0.0354. The van der Waals surface area contributed by atoms with Gasteiger partial charge in [-0.05, 0) is 42.2 Å². The third-order valence-electron chi connectivity index (χ3n) is 5.52. The Hall–Kier alpha value is -2.65. The number of amides is 1. The van der Waals surface area contributed by atoms with Crippen molar-refractivity contribution in [1.29, 1.82) is 0 Å². The number of nitrogen functional groups attached to an aromatic ring is 1. The predicted octanol–water partition coefficient (Wildman–Crippen LogP) is 4.70. The van der Waals surface area contributed by atoms with Gasteiger partial charge in [-0.15, -0.1) is 22.0 Å². The SMILES string of the molecule is CC(C)c1ccc(OCc2nnc(SCC(=O)N3CC[C@@H](C)Sc4ccccc43)n2N)cc1. The van der Waals surface area contributed by atoms with Gasteiger partial charge in [-0.3, -0.25) is 4.79 Å². The zero-order chi connectivity index (χ0) is 23.4. The van der Waals surface area contributed by atoms with Crippen LogP contribution in [-0.2, 0) is 11.4 Å². The van der Waals surface area contributed by atoms with Crippen molar-refractivity contribution in [1.82, 2.24) is 14.9 Å². The minimum atomic E-state index is 0.0354. The predicted molar refractivity (Wildman–Crippen MR) is 134 cm³/mol. The van der Waals surface area contributed by atoms with E-state index in [1.54, 1.807) is 0 Å². The van der Waals surface area contributed by atoms with Crippen LogP contribution in [0.5, 0.6) is 5.75 Å². The molecule has 3 aromatic rings. The number of carbonyl (C=O) groups excluding carboxylic acids is 1.